The number of nitrogens with zero attached hydrogens (tertiary/aromatic N) is 5. The van der Waals surface area contributed by atoms with E-state index in [1.165, 1.54) is 31.1 Å². The van der Waals surface area contributed by atoms with Gasteiger partial charge in [0.15, 0.2) is 17.3 Å². The van der Waals surface area contributed by atoms with Crippen LogP contribution in [0.5, 0.6) is 0 Å². The van der Waals surface area contributed by atoms with Gasteiger partial charge in [0.2, 0.25) is 0 Å². The van der Waals surface area contributed by atoms with E-state index < -0.39 is 29.5 Å². The first kappa shape index (κ1) is 22.6. The molecule has 0 bridgehead atoms. The minimum Gasteiger partial charge on any atom is -0.310 e. The van der Waals surface area contributed by atoms with Crippen LogP contribution >= 0.6 is 0 Å². The highest BCUT2D eigenvalue weighted by molar-refractivity contribution is 5.78. The zero-order valence-corrected chi connectivity index (χ0v) is 18.9. The Kier molecular flexibility index (Phi) is 5.90. The second kappa shape index (κ2) is 8.88. The van der Waals surface area contributed by atoms with Crippen LogP contribution in [0.3, 0.4) is 0 Å². The number of benzene rings is 1. The molecule has 0 amide bonds. The molecule has 34 heavy (non-hydrogen) atoms. The van der Waals surface area contributed by atoms with E-state index in [4.69, 9.17) is 0 Å². The number of hydrogen-bond acceptors (Lipinski definition) is 5. The van der Waals surface area contributed by atoms with Crippen molar-refractivity contribution in [3.05, 3.63) is 64.0 Å². The first-order chi connectivity index (χ1) is 16.3. The van der Waals surface area contributed by atoms with Gasteiger partial charge >= 0.3 is 5.69 Å². The summed E-state index contributed by atoms with van der Waals surface area (Å²) in [6.45, 7) is 0.526. The van der Waals surface area contributed by atoms with Crippen LogP contribution in [0.2, 0.25) is 0 Å². The van der Waals surface area contributed by atoms with Crippen LogP contribution in [-0.2, 0) is 27.2 Å². The van der Waals surface area contributed by atoms with Crippen molar-refractivity contribution in [2.75, 3.05) is 0 Å². The number of hydrogen-bond donors (Lipinski definition) is 2. The predicted octanol–water partition coefficient (Wildman–Crippen LogP) is 2.34. The van der Waals surface area contributed by atoms with Crippen molar-refractivity contribution < 1.29 is 13.2 Å². The molecule has 3 aromatic heterocycles. The Labute approximate surface area is 193 Å². The number of rotatable bonds is 6. The van der Waals surface area contributed by atoms with Gasteiger partial charge in [-0.3, -0.25) is 9.13 Å². The van der Waals surface area contributed by atoms with Crippen molar-refractivity contribution in [3.8, 4) is 0 Å². The lowest BCUT2D eigenvalue weighted by Crippen LogP contribution is -2.46. The summed E-state index contributed by atoms with van der Waals surface area (Å²) in [4.78, 5) is 16.4. The molecule has 4 aromatic rings. The predicted molar refractivity (Wildman–Crippen MR) is 121 cm³/mol. The number of halogens is 3. The Bertz CT molecular complexity index is 1410. The second-order valence-electron chi connectivity index (χ2n) is 8.89. The normalized spacial score (nSPS) is 21.0. The number of pyridine rings is 1. The lowest BCUT2D eigenvalue weighted by atomic mass is 9.89. The monoisotopic (exact) mass is 473 g/mol. The largest absolute Gasteiger partial charge is 0.328 e. The smallest absolute Gasteiger partial charge is 0.310 e. The summed E-state index contributed by atoms with van der Waals surface area (Å²) >= 11 is 0. The third-order valence-corrected chi connectivity index (χ3v) is 6.80. The summed E-state index contributed by atoms with van der Waals surface area (Å²) in [7, 11) is 2.91. The topological polar surface area (TPSA) is 81.2 Å². The fraction of sp³-hybridized carbons (Fsp3) is 0.435. The molecule has 180 valence electrons. The van der Waals surface area contributed by atoms with Crippen molar-refractivity contribution in [2.45, 2.75) is 50.6 Å². The molecular weight excluding hydrogens is 447 g/mol. The molecule has 1 aliphatic carbocycles. The molecule has 1 saturated carbocycles. The van der Waals surface area contributed by atoms with Crippen LogP contribution in [0.15, 0.2) is 35.5 Å². The summed E-state index contributed by atoms with van der Waals surface area (Å²) in [5.41, 5.74) is 1.61. The van der Waals surface area contributed by atoms with Gasteiger partial charge in [0, 0.05) is 56.6 Å². The molecule has 1 aromatic carbocycles. The van der Waals surface area contributed by atoms with E-state index in [2.05, 4.69) is 20.7 Å². The van der Waals surface area contributed by atoms with E-state index in [9.17, 15) is 18.0 Å². The number of aryl methyl sites for hydroxylation is 2. The Morgan fingerprint density at radius 2 is 1.88 bits per heavy atom. The van der Waals surface area contributed by atoms with Crippen LogP contribution in [0.4, 0.5) is 13.2 Å². The summed E-state index contributed by atoms with van der Waals surface area (Å²) in [6.07, 6.45) is 3.81. The van der Waals surface area contributed by atoms with Gasteiger partial charge in [0.1, 0.15) is 18.0 Å². The molecule has 0 saturated heterocycles. The highest BCUT2D eigenvalue weighted by Gasteiger charge is 2.30. The van der Waals surface area contributed by atoms with Gasteiger partial charge in [-0.15, -0.1) is 0 Å². The minimum absolute atomic E-state index is 0.000557. The van der Waals surface area contributed by atoms with E-state index in [1.54, 1.807) is 4.52 Å². The Morgan fingerprint density at radius 1 is 1.09 bits per heavy atom. The van der Waals surface area contributed by atoms with Gasteiger partial charge in [0.05, 0.1) is 5.52 Å². The second-order valence-corrected chi connectivity index (χ2v) is 8.89. The van der Waals surface area contributed by atoms with E-state index in [0.717, 1.165) is 22.2 Å². The van der Waals surface area contributed by atoms with Gasteiger partial charge in [0.25, 0.3) is 0 Å². The SMILES string of the molecule is Cn1c(=O)n(C)c2c(F)c(F)c(CN[C@@H]3CC[C@@H](NCc4cccn5ncnc45)C[C@@H]3F)cc21. The van der Waals surface area contributed by atoms with Crippen molar-refractivity contribution in [1.29, 1.82) is 0 Å². The quantitative estimate of drug-likeness (QED) is 0.449. The molecule has 0 radical (unpaired) electrons. The van der Waals surface area contributed by atoms with Gasteiger partial charge < -0.3 is 10.6 Å². The molecule has 5 rings (SSSR count). The van der Waals surface area contributed by atoms with Crippen molar-refractivity contribution in [2.24, 2.45) is 14.1 Å². The standard InChI is InChI=1S/C23H26F3N7O/c1-31-18-8-14(19(25)20(26)21(18)32(2)23(31)34)11-28-17-6-5-15(9-16(17)24)27-10-13-4-3-7-33-22(13)29-12-30-33/h3-4,7-8,12,15-17,27-28H,5-6,9-11H2,1-2H3/t15-,16+,17-/m1/s1. The van der Waals surface area contributed by atoms with Gasteiger partial charge in [-0.2, -0.15) is 5.10 Å². The molecule has 0 unspecified atom stereocenters. The highest BCUT2D eigenvalue weighted by Crippen LogP contribution is 2.25. The molecular formula is C23H26F3N7O. The van der Waals surface area contributed by atoms with Crippen molar-refractivity contribution in [3.63, 3.8) is 0 Å². The number of imidazole rings is 1. The third kappa shape index (κ3) is 3.88. The molecule has 0 aliphatic heterocycles. The molecule has 3 atom stereocenters. The maximum Gasteiger partial charge on any atom is 0.328 e. The van der Waals surface area contributed by atoms with E-state index >= 15 is 0 Å². The van der Waals surface area contributed by atoms with Gasteiger partial charge in [-0.25, -0.2) is 27.5 Å². The Morgan fingerprint density at radius 3 is 2.68 bits per heavy atom. The fourth-order valence-electron chi connectivity index (χ4n) is 4.85. The number of alkyl halides is 1. The molecule has 2 N–H and O–H groups in total. The van der Waals surface area contributed by atoms with Crippen LogP contribution in [0.25, 0.3) is 16.7 Å². The zero-order chi connectivity index (χ0) is 24.0. The Hall–Kier alpha value is -3.18. The molecule has 1 aliphatic rings. The highest BCUT2D eigenvalue weighted by atomic mass is 19.2. The number of aromatic nitrogens is 5. The van der Waals surface area contributed by atoms with Crippen LogP contribution in [-0.4, -0.2) is 42.0 Å². The van der Waals surface area contributed by atoms with E-state index in [1.807, 2.05) is 18.3 Å². The fourth-order valence-corrected chi connectivity index (χ4v) is 4.85. The number of fused-ring (bicyclic) bond motifs is 2. The first-order valence-corrected chi connectivity index (χ1v) is 11.3. The molecule has 11 heteroatoms. The lowest BCUT2D eigenvalue weighted by molar-refractivity contribution is 0.160. The average Bonchev–Trinajstić information content (AvgIpc) is 3.39. The molecule has 8 nitrogen and oxygen atoms in total. The average molecular weight is 474 g/mol. The van der Waals surface area contributed by atoms with E-state index in [-0.39, 0.29) is 23.7 Å². The third-order valence-electron chi connectivity index (χ3n) is 6.80. The van der Waals surface area contributed by atoms with Crippen LogP contribution in [0.1, 0.15) is 30.4 Å². The summed E-state index contributed by atoms with van der Waals surface area (Å²) in [6, 6.07) is 4.85. The Balaban J connectivity index is 1.21. The minimum atomic E-state index is -1.13. The van der Waals surface area contributed by atoms with Gasteiger partial charge in [-0.05, 0) is 31.4 Å². The maximum atomic E-state index is 14.9. The van der Waals surface area contributed by atoms with Crippen LogP contribution in [0, 0.1) is 11.6 Å². The zero-order valence-electron chi connectivity index (χ0n) is 18.9. The van der Waals surface area contributed by atoms with Gasteiger partial charge in [-0.1, -0.05) is 6.07 Å². The molecule has 1 fully saturated rings. The first-order valence-electron chi connectivity index (χ1n) is 11.3. The van der Waals surface area contributed by atoms with E-state index in [0.29, 0.717) is 24.9 Å². The van der Waals surface area contributed by atoms with Crippen LogP contribution < -0.4 is 16.3 Å². The maximum absolute atomic E-state index is 14.9. The summed E-state index contributed by atoms with van der Waals surface area (Å²) in [5.74, 6) is -2.09. The summed E-state index contributed by atoms with van der Waals surface area (Å²) in [5, 5.41) is 10.6. The molecule has 3 heterocycles. The van der Waals surface area contributed by atoms with Crippen molar-refractivity contribution in [1.82, 2.24) is 34.4 Å². The summed E-state index contributed by atoms with van der Waals surface area (Å²) < 4.78 is 48.3. The van der Waals surface area contributed by atoms with Crippen molar-refractivity contribution >= 4 is 16.7 Å². The molecule has 0 spiro atoms. The lowest BCUT2D eigenvalue weighted by Gasteiger charge is -2.33. The number of nitrogens with one attached hydrogen (secondary N) is 2.